The number of benzene rings is 2. The minimum atomic E-state index is -0.699. The topological polar surface area (TPSA) is 77.0 Å². The minimum absolute atomic E-state index is 0.168. The Morgan fingerprint density at radius 3 is 2.69 bits per heavy atom. The summed E-state index contributed by atoms with van der Waals surface area (Å²) in [6.45, 7) is 3.68. The summed E-state index contributed by atoms with van der Waals surface area (Å²) in [6, 6.07) is 12.3. The number of anilines is 1. The first-order valence-electron chi connectivity index (χ1n) is 8.45. The van der Waals surface area contributed by atoms with Crippen molar-refractivity contribution in [2.75, 3.05) is 19.0 Å². The molecule has 1 heterocycles. The molecule has 138 valence electrons. The molecule has 6 heteroatoms. The molecule has 1 aliphatic rings. The van der Waals surface area contributed by atoms with Gasteiger partial charge >= 0.3 is 0 Å². The normalized spacial score (nSPS) is 17.6. The number of methoxy groups -OCH3 is 1. The molecule has 0 spiro atoms. The maximum atomic E-state index is 12.1. The number of aliphatic hydroxyl groups excluding tert-OH is 1. The Bertz CT molecular complexity index is 785. The van der Waals surface area contributed by atoms with Crippen molar-refractivity contribution in [2.45, 2.75) is 32.0 Å². The zero-order chi connectivity index (χ0) is 18.7. The SMILES string of the molecule is COc1ccc(NC(=O)COc2cccc3c2[C@@H](O)CC(C)(C)O3)cc1. The highest BCUT2D eigenvalue weighted by Gasteiger charge is 2.34. The van der Waals surface area contributed by atoms with Crippen molar-refractivity contribution in [3.63, 3.8) is 0 Å². The fourth-order valence-electron chi connectivity index (χ4n) is 2.99. The Labute approximate surface area is 152 Å². The van der Waals surface area contributed by atoms with Crippen LogP contribution in [-0.2, 0) is 4.79 Å². The molecule has 1 atom stereocenters. The number of hydrogen-bond donors (Lipinski definition) is 2. The second-order valence-corrected chi connectivity index (χ2v) is 6.81. The van der Waals surface area contributed by atoms with Crippen LogP contribution < -0.4 is 19.5 Å². The van der Waals surface area contributed by atoms with E-state index < -0.39 is 11.7 Å². The number of fused-ring (bicyclic) bond motifs is 1. The van der Waals surface area contributed by atoms with Crippen LogP contribution in [0.15, 0.2) is 42.5 Å². The molecule has 1 aliphatic heterocycles. The van der Waals surface area contributed by atoms with Gasteiger partial charge in [0.2, 0.25) is 0 Å². The van der Waals surface area contributed by atoms with Gasteiger partial charge in [0, 0.05) is 12.1 Å². The lowest BCUT2D eigenvalue weighted by atomic mass is 9.91. The number of hydrogen-bond acceptors (Lipinski definition) is 5. The van der Waals surface area contributed by atoms with Gasteiger partial charge in [-0.15, -0.1) is 0 Å². The van der Waals surface area contributed by atoms with Gasteiger partial charge in [0.1, 0.15) is 22.8 Å². The number of carbonyl (C=O) groups is 1. The zero-order valence-corrected chi connectivity index (χ0v) is 15.1. The second kappa shape index (κ2) is 7.25. The standard InChI is InChI=1S/C20H23NO5/c1-20(2)11-15(22)19-16(5-4-6-17(19)26-20)25-12-18(23)21-13-7-9-14(24-3)10-8-13/h4-10,15,22H,11-12H2,1-3H3,(H,21,23)/t15-/m0/s1. The Balaban J connectivity index is 1.65. The monoisotopic (exact) mass is 357 g/mol. The summed E-state index contributed by atoms with van der Waals surface area (Å²) in [5, 5.41) is 13.2. The van der Waals surface area contributed by atoms with Crippen molar-refractivity contribution >= 4 is 11.6 Å². The summed E-state index contributed by atoms with van der Waals surface area (Å²) in [6.07, 6.45) is -0.243. The van der Waals surface area contributed by atoms with Gasteiger partial charge in [-0.2, -0.15) is 0 Å². The number of amides is 1. The Hall–Kier alpha value is -2.73. The van der Waals surface area contributed by atoms with Gasteiger partial charge in [-0.1, -0.05) is 6.07 Å². The average Bonchev–Trinajstić information content (AvgIpc) is 2.59. The predicted octanol–water partition coefficient (Wildman–Crippen LogP) is 3.31. The first-order valence-corrected chi connectivity index (χ1v) is 8.45. The minimum Gasteiger partial charge on any atom is -0.497 e. The molecule has 0 aliphatic carbocycles. The highest BCUT2D eigenvalue weighted by Crippen LogP contribution is 2.44. The summed E-state index contributed by atoms with van der Waals surface area (Å²) in [7, 11) is 1.58. The molecule has 0 radical (unpaired) electrons. The lowest BCUT2D eigenvalue weighted by molar-refractivity contribution is -0.118. The van der Waals surface area contributed by atoms with Crippen LogP contribution in [0.2, 0.25) is 0 Å². The first-order chi connectivity index (χ1) is 12.4. The van der Waals surface area contributed by atoms with Crippen LogP contribution in [0.4, 0.5) is 5.69 Å². The summed E-state index contributed by atoms with van der Waals surface area (Å²) < 4.78 is 16.6. The Kier molecular flexibility index (Phi) is 5.04. The maximum Gasteiger partial charge on any atom is 0.262 e. The highest BCUT2D eigenvalue weighted by atomic mass is 16.5. The van der Waals surface area contributed by atoms with E-state index >= 15 is 0 Å². The lowest BCUT2D eigenvalue weighted by Gasteiger charge is -2.36. The van der Waals surface area contributed by atoms with E-state index in [4.69, 9.17) is 14.2 Å². The van der Waals surface area contributed by atoms with Crippen LogP contribution in [0.5, 0.6) is 17.2 Å². The van der Waals surface area contributed by atoms with Crippen LogP contribution in [0.1, 0.15) is 31.9 Å². The molecule has 26 heavy (non-hydrogen) atoms. The third kappa shape index (κ3) is 4.08. The second-order valence-electron chi connectivity index (χ2n) is 6.81. The quantitative estimate of drug-likeness (QED) is 0.858. The average molecular weight is 357 g/mol. The lowest BCUT2D eigenvalue weighted by Crippen LogP contribution is -2.35. The number of carbonyl (C=O) groups excluding carboxylic acids is 1. The molecule has 3 rings (SSSR count). The van der Waals surface area contributed by atoms with Crippen molar-refractivity contribution in [3.8, 4) is 17.2 Å². The van der Waals surface area contributed by atoms with Crippen LogP contribution >= 0.6 is 0 Å². The van der Waals surface area contributed by atoms with E-state index in [1.807, 2.05) is 13.8 Å². The fraction of sp³-hybridized carbons (Fsp3) is 0.350. The molecule has 0 bridgehead atoms. The molecule has 0 unspecified atom stereocenters. The van der Waals surface area contributed by atoms with E-state index in [1.165, 1.54) is 0 Å². The van der Waals surface area contributed by atoms with Crippen LogP contribution in [0.25, 0.3) is 0 Å². The van der Waals surface area contributed by atoms with E-state index in [1.54, 1.807) is 49.6 Å². The summed E-state index contributed by atoms with van der Waals surface area (Å²) >= 11 is 0. The zero-order valence-electron chi connectivity index (χ0n) is 15.1. The molecular formula is C20H23NO5. The van der Waals surface area contributed by atoms with E-state index in [9.17, 15) is 9.90 Å². The van der Waals surface area contributed by atoms with E-state index in [-0.39, 0.29) is 12.5 Å². The fourth-order valence-corrected chi connectivity index (χ4v) is 2.99. The Morgan fingerprint density at radius 2 is 2.00 bits per heavy atom. The van der Waals surface area contributed by atoms with E-state index in [0.717, 1.165) is 0 Å². The van der Waals surface area contributed by atoms with Gasteiger partial charge in [-0.05, 0) is 50.2 Å². The predicted molar refractivity (Wildman–Crippen MR) is 97.8 cm³/mol. The molecule has 0 saturated carbocycles. The largest absolute Gasteiger partial charge is 0.497 e. The maximum absolute atomic E-state index is 12.1. The summed E-state index contributed by atoms with van der Waals surface area (Å²) in [5.74, 6) is 1.46. The number of nitrogens with one attached hydrogen (secondary N) is 1. The third-order valence-electron chi connectivity index (χ3n) is 4.16. The molecule has 0 saturated heterocycles. The number of aliphatic hydroxyl groups is 1. The van der Waals surface area contributed by atoms with Crippen molar-refractivity contribution in [1.29, 1.82) is 0 Å². The number of rotatable bonds is 5. The number of ether oxygens (including phenoxy) is 3. The summed E-state index contributed by atoms with van der Waals surface area (Å²) in [4.78, 5) is 12.1. The molecule has 2 aromatic rings. The van der Waals surface area contributed by atoms with Crippen molar-refractivity contribution in [2.24, 2.45) is 0 Å². The van der Waals surface area contributed by atoms with Gasteiger partial charge in [-0.25, -0.2) is 0 Å². The van der Waals surface area contributed by atoms with Crippen molar-refractivity contribution < 1.29 is 24.1 Å². The highest BCUT2D eigenvalue weighted by molar-refractivity contribution is 5.91. The van der Waals surface area contributed by atoms with Crippen molar-refractivity contribution in [3.05, 3.63) is 48.0 Å². The van der Waals surface area contributed by atoms with Gasteiger partial charge < -0.3 is 24.6 Å². The van der Waals surface area contributed by atoms with Crippen LogP contribution in [0, 0.1) is 0 Å². The third-order valence-corrected chi connectivity index (χ3v) is 4.16. The summed E-state index contributed by atoms with van der Waals surface area (Å²) in [5.41, 5.74) is 0.792. The molecule has 0 aromatic heterocycles. The molecule has 2 aromatic carbocycles. The molecule has 2 N–H and O–H groups in total. The smallest absolute Gasteiger partial charge is 0.262 e. The molecular weight excluding hydrogens is 334 g/mol. The molecule has 6 nitrogen and oxygen atoms in total. The van der Waals surface area contributed by atoms with Crippen molar-refractivity contribution in [1.82, 2.24) is 0 Å². The van der Waals surface area contributed by atoms with Crippen LogP contribution in [-0.4, -0.2) is 30.3 Å². The molecule has 1 amide bonds. The van der Waals surface area contributed by atoms with Gasteiger partial charge in [0.15, 0.2) is 6.61 Å². The van der Waals surface area contributed by atoms with Gasteiger partial charge in [0.25, 0.3) is 5.91 Å². The van der Waals surface area contributed by atoms with E-state index in [0.29, 0.717) is 34.9 Å². The van der Waals surface area contributed by atoms with Gasteiger partial charge in [0.05, 0.1) is 18.8 Å². The van der Waals surface area contributed by atoms with Crippen LogP contribution in [0.3, 0.4) is 0 Å². The van der Waals surface area contributed by atoms with Gasteiger partial charge in [-0.3, -0.25) is 4.79 Å². The molecule has 0 fully saturated rings. The first kappa shape index (κ1) is 18.1. The van der Waals surface area contributed by atoms with E-state index in [2.05, 4.69) is 5.32 Å². The Morgan fingerprint density at radius 1 is 1.27 bits per heavy atom.